The maximum absolute atomic E-state index is 4.43. The van der Waals surface area contributed by atoms with Gasteiger partial charge in [0.25, 0.3) is 0 Å². The van der Waals surface area contributed by atoms with Crippen molar-refractivity contribution in [2.45, 2.75) is 13.1 Å². The van der Waals surface area contributed by atoms with Crippen molar-refractivity contribution >= 4 is 51.6 Å². The largest absolute Gasteiger partial charge is 0.364 e. The number of aliphatic imine (C=N–C) groups is 1. The molecule has 0 aliphatic carbocycles. The van der Waals surface area contributed by atoms with Crippen LogP contribution >= 0.6 is 39.9 Å². The number of halogens is 2. The van der Waals surface area contributed by atoms with Gasteiger partial charge < -0.3 is 19.7 Å². The standard InChI is InChI=1S/C20H26BrN5.HI/c1-22-20(25(3)15-19-12-17(21)14-24(19)2)23-13-16-7-6-8-18(11-16)26-9-4-5-10-26;/h4-8,11-12,14H,9-10,13,15H2,1-3H3,(H,22,23);1H. The Balaban J connectivity index is 0.00000261. The third-order valence-corrected chi connectivity index (χ3v) is 5.03. The lowest BCUT2D eigenvalue weighted by molar-refractivity contribution is 0.461. The molecule has 7 heteroatoms. The van der Waals surface area contributed by atoms with Crippen LogP contribution in [0.4, 0.5) is 5.69 Å². The normalized spacial score (nSPS) is 13.6. The zero-order valence-corrected chi connectivity index (χ0v) is 19.9. The Morgan fingerprint density at radius 2 is 2.00 bits per heavy atom. The SMILES string of the molecule is CN=C(NCc1cccc(N2CC=CC2)c1)N(C)Cc1cc(Br)cn1C.I. The predicted octanol–water partition coefficient (Wildman–Crippen LogP) is 3.99. The molecule has 0 unspecified atom stereocenters. The van der Waals surface area contributed by atoms with Gasteiger partial charge in [0.05, 0.1) is 6.54 Å². The zero-order chi connectivity index (χ0) is 18.5. The number of guanidine groups is 1. The van der Waals surface area contributed by atoms with Gasteiger partial charge in [0, 0.05) is 62.8 Å². The fourth-order valence-electron chi connectivity index (χ4n) is 3.16. The second kappa shape index (κ2) is 10.2. The summed E-state index contributed by atoms with van der Waals surface area (Å²) in [5.74, 6) is 0.885. The van der Waals surface area contributed by atoms with Crippen LogP contribution in [0.3, 0.4) is 0 Å². The number of anilines is 1. The molecule has 0 amide bonds. The van der Waals surface area contributed by atoms with Crippen molar-refractivity contribution in [2.75, 3.05) is 32.1 Å². The van der Waals surface area contributed by atoms with Gasteiger partial charge in [-0.2, -0.15) is 0 Å². The molecule has 1 aliphatic rings. The van der Waals surface area contributed by atoms with E-state index < -0.39 is 0 Å². The summed E-state index contributed by atoms with van der Waals surface area (Å²) in [5.41, 5.74) is 3.75. The molecular formula is C20H27BrIN5. The van der Waals surface area contributed by atoms with E-state index in [0.29, 0.717) is 0 Å². The highest BCUT2D eigenvalue weighted by Crippen LogP contribution is 2.18. The quantitative estimate of drug-likeness (QED) is 0.268. The molecule has 0 spiro atoms. The number of rotatable bonds is 5. The molecule has 1 aromatic heterocycles. The van der Waals surface area contributed by atoms with Gasteiger partial charge in [-0.05, 0) is 39.7 Å². The van der Waals surface area contributed by atoms with Crippen molar-refractivity contribution < 1.29 is 0 Å². The topological polar surface area (TPSA) is 35.8 Å². The fraction of sp³-hybridized carbons (Fsp3) is 0.350. The number of benzene rings is 1. The summed E-state index contributed by atoms with van der Waals surface area (Å²) < 4.78 is 3.22. The van der Waals surface area contributed by atoms with E-state index in [9.17, 15) is 0 Å². The minimum atomic E-state index is 0. The fourth-order valence-corrected chi connectivity index (χ4v) is 3.73. The van der Waals surface area contributed by atoms with E-state index in [1.807, 2.05) is 7.05 Å². The molecular weight excluding hydrogens is 517 g/mol. The molecule has 1 aromatic carbocycles. The number of nitrogens with one attached hydrogen (secondary N) is 1. The molecule has 1 aliphatic heterocycles. The minimum absolute atomic E-state index is 0. The van der Waals surface area contributed by atoms with Crippen LogP contribution in [0.25, 0.3) is 0 Å². The highest BCUT2D eigenvalue weighted by Gasteiger charge is 2.11. The van der Waals surface area contributed by atoms with Crippen LogP contribution in [0, 0.1) is 0 Å². The average molecular weight is 544 g/mol. The van der Waals surface area contributed by atoms with Crippen molar-refractivity contribution in [3.8, 4) is 0 Å². The zero-order valence-electron chi connectivity index (χ0n) is 16.0. The number of aryl methyl sites for hydroxylation is 1. The highest BCUT2D eigenvalue weighted by molar-refractivity contribution is 14.0. The summed E-state index contributed by atoms with van der Waals surface area (Å²) >= 11 is 3.53. The van der Waals surface area contributed by atoms with Crippen LogP contribution in [-0.4, -0.2) is 42.6 Å². The molecule has 2 aromatic rings. The predicted molar refractivity (Wildman–Crippen MR) is 128 cm³/mol. The smallest absolute Gasteiger partial charge is 0.194 e. The van der Waals surface area contributed by atoms with E-state index in [-0.39, 0.29) is 24.0 Å². The Hall–Kier alpha value is -1.48. The van der Waals surface area contributed by atoms with Crippen molar-refractivity contribution in [1.29, 1.82) is 0 Å². The van der Waals surface area contributed by atoms with Crippen LogP contribution in [0.1, 0.15) is 11.3 Å². The van der Waals surface area contributed by atoms with Crippen LogP contribution < -0.4 is 10.2 Å². The molecule has 0 atom stereocenters. The maximum Gasteiger partial charge on any atom is 0.194 e. The Kier molecular flexibility index (Phi) is 8.22. The van der Waals surface area contributed by atoms with Crippen molar-refractivity contribution in [1.82, 2.24) is 14.8 Å². The van der Waals surface area contributed by atoms with Crippen LogP contribution in [0.15, 0.2) is 58.1 Å². The van der Waals surface area contributed by atoms with Gasteiger partial charge in [-0.25, -0.2) is 0 Å². The van der Waals surface area contributed by atoms with Gasteiger partial charge in [-0.15, -0.1) is 24.0 Å². The Morgan fingerprint density at radius 3 is 2.63 bits per heavy atom. The lowest BCUT2D eigenvalue weighted by Crippen LogP contribution is -2.38. The molecule has 0 saturated carbocycles. The molecule has 0 fully saturated rings. The molecule has 0 bridgehead atoms. The van der Waals surface area contributed by atoms with Gasteiger partial charge in [0.15, 0.2) is 5.96 Å². The number of aromatic nitrogens is 1. The Labute approximate surface area is 187 Å². The first kappa shape index (κ1) is 21.8. The first-order valence-electron chi connectivity index (χ1n) is 8.78. The van der Waals surface area contributed by atoms with Gasteiger partial charge >= 0.3 is 0 Å². The van der Waals surface area contributed by atoms with Crippen LogP contribution in [0.2, 0.25) is 0 Å². The minimum Gasteiger partial charge on any atom is -0.364 e. The third-order valence-electron chi connectivity index (χ3n) is 4.59. The first-order chi connectivity index (χ1) is 12.6. The molecule has 27 heavy (non-hydrogen) atoms. The molecule has 0 saturated heterocycles. The van der Waals surface area contributed by atoms with Crippen LogP contribution in [-0.2, 0) is 20.1 Å². The second-order valence-corrected chi connectivity index (χ2v) is 7.48. The van der Waals surface area contributed by atoms with Gasteiger partial charge in [0.2, 0.25) is 0 Å². The summed E-state index contributed by atoms with van der Waals surface area (Å²) in [6, 6.07) is 10.8. The molecule has 2 heterocycles. The number of nitrogens with zero attached hydrogens (tertiary/aromatic N) is 4. The molecule has 1 N–H and O–H groups in total. The number of hydrogen-bond donors (Lipinski definition) is 1. The van der Waals surface area contributed by atoms with E-state index in [1.165, 1.54) is 16.9 Å². The maximum atomic E-state index is 4.43. The van der Waals surface area contributed by atoms with E-state index in [4.69, 9.17) is 0 Å². The lowest BCUT2D eigenvalue weighted by Gasteiger charge is -2.23. The molecule has 5 nitrogen and oxygen atoms in total. The first-order valence-corrected chi connectivity index (χ1v) is 9.57. The van der Waals surface area contributed by atoms with Gasteiger partial charge in [-0.1, -0.05) is 24.3 Å². The van der Waals surface area contributed by atoms with E-state index in [2.05, 4.69) is 103 Å². The molecule has 0 radical (unpaired) electrons. The van der Waals surface area contributed by atoms with Crippen molar-refractivity contribution in [2.24, 2.45) is 12.0 Å². The summed E-state index contributed by atoms with van der Waals surface area (Å²) in [6.07, 6.45) is 6.49. The van der Waals surface area contributed by atoms with Crippen LogP contribution in [0.5, 0.6) is 0 Å². The van der Waals surface area contributed by atoms with E-state index in [1.54, 1.807) is 0 Å². The summed E-state index contributed by atoms with van der Waals surface area (Å²) in [7, 11) is 5.94. The summed E-state index contributed by atoms with van der Waals surface area (Å²) in [5, 5.41) is 3.47. The summed E-state index contributed by atoms with van der Waals surface area (Å²) in [4.78, 5) is 8.92. The average Bonchev–Trinajstić information content (AvgIpc) is 3.26. The molecule has 3 rings (SSSR count). The Morgan fingerprint density at radius 1 is 1.26 bits per heavy atom. The van der Waals surface area contributed by atoms with Gasteiger partial charge in [0.1, 0.15) is 0 Å². The van der Waals surface area contributed by atoms with Crippen molar-refractivity contribution in [3.63, 3.8) is 0 Å². The van der Waals surface area contributed by atoms with E-state index >= 15 is 0 Å². The molecule has 146 valence electrons. The summed E-state index contributed by atoms with van der Waals surface area (Å²) in [6.45, 7) is 3.53. The Bertz CT molecular complexity index is 806. The monoisotopic (exact) mass is 543 g/mol. The highest BCUT2D eigenvalue weighted by atomic mass is 127. The number of hydrogen-bond acceptors (Lipinski definition) is 2. The van der Waals surface area contributed by atoms with Gasteiger partial charge in [-0.3, -0.25) is 4.99 Å². The van der Waals surface area contributed by atoms with Crippen molar-refractivity contribution in [3.05, 3.63) is 64.4 Å². The third kappa shape index (κ3) is 5.75. The van der Waals surface area contributed by atoms with E-state index in [0.717, 1.165) is 36.6 Å². The lowest BCUT2D eigenvalue weighted by atomic mass is 10.2. The second-order valence-electron chi connectivity index (χ2n) is 6.56.